The van der Waals surface area contributed by atoms with Crippen molar-refractivity contribution in [2.45, 2.75) is 71.2 Å². The molecule has 0 bridgehead atoms. The first-order valence-corrected chi connectivity index (χ1v) is 10.9. The SMILES string of the molecule is COC(=O)NC1Cc2ccccc2N(C(=O)CC(C)(C)C[C@H](N)[C@@H](O)CNC(C)C)C1.Cl.Cl. The zero-order chi connectivity index (χ0) is 23.2. The summed E-state index contributed by atoms with van der Waals surface area (Å²) in [6.45, 7) is 8.82. The molecule has 5 N–H and O–H groups in total. The van der Waals surface area contributed by atoms with E-state index in [-0.39, 0.29) is 49.2 Å². The van der Waals surface area contributed by atoms with Crippen LogP contribution in [0.1, 0.15) is 46.1 Å². The Morgan fingerprint density at radius 1 is 1.27 bits per heavy atom. The average Bonchev–Trinajstić information content (AvgIpc) is 2.70. The maximum absolute atomic E-state index is 13.3. The van der Waals surface area contributed by atoms with E-state index in [1.807, 2.05) is 52.0 Å². The molecule has 1 heterocycles. The maximum atomic E-state index is 13.3. The van der Waals surface area contributed by atoms with Gasteiger partial charge in [0.1, 0.15) is 0 Å². The van der Waals surface area contributed by atoms with Crippen LogP contribution in [0.15, 0.2) is 24.3 Å². The Balaban J connectivity index is 0.00000512. The monoisotopic (exact) mass is 506 g/mol. The number of amides is 2. The molecule has 0 saturated carbocycles. The Morgan fingerprint density at radius 3 is 2.52 bits per heavy atom. The molecular formula is C23H40Cl2N4O4. The number of hydrogen-bond donors (Lipinski definition) is 4. The van der Waals surface area contributed by atoms with Crippen LogP contribution in [-0.4, -0.2) is 61.5 Å². The summed E-state index contributed by atoms with van der Waals surface area (Å²) in [5.41, 5.74) is 7.72. The van der Waals surface area contributed by atoms with Crippen LogP contribution in [0.2, 0.25) is 0 Å². The average molecular weight is 508 g/mol. The highest BCUT2D eigenvalue weighted by molar-refractivity contribution is 5.95. The Bertz CT molecular complexity index is 764. The van der Waals surface area contributed by atoms with Crippen molar-refractivity contribution in [2.24, 2.45) is 11.1 Å². The van der Waals surface area contributed by atoms with E-state index in [4.69, 9.17) is 10.5 Å². The molecule has 33 heavy (non-hydrogen) atoms. The number of nitrogens with two attached hydrogens (primary N) is 1. The van der Waals surface area contributed by atoms with Crippen LogP contribution in [0.4, 0.5) is 10.5 Å². The lowest BCUT2D eigenvalue weighted by Gasteiger charge is -2.37. The zero-order valence-corrected chi connectivity index (χ0v) is 21.8. The molecule has 2 rings (SSSR count). The Hall–Kier alpha value is -1.58. The molecule has 0 fully saturated rings. The van der Waals surface area contributed by atoms with Gasteiger partial charge in [0.15, 0.2) is 0 Å². The summed E-state index contributed by atoms with van der Waals surface area (Å²) in [7, 11) is 1.33. The first-order valence-electron chi connectivity index (χ1n) is 10.9. The van der Waals surface area contributed by atoms with Gasteiger partial charge in [0, 0.05) is 37.3 Å². The van der Waals surface area contributed by atoms with E-state index in [0.29, 0.717) is 25.9 Å². The second kappa shape index (κ2) is 14.0. The summed E-state index contributed by atoms with van der Waals surface area (Å²) in [4.78, 5) is 26.7. The van der Waals surface area contributed by atoms with E-state index in [1.165, 1.54) is 7.11 Å². The molecule has 0 aliphatic carbocycles. The van der Waals surface area contributed by atoms with E-state index < -0.39 is 23.7 Å². The number of anilines is 1. The third kappa shape index (κ3) is 9.66. The molecule has 1 aliphatic rings. The van der Waals surface area contributed by atoms with Crippen molar-refractivity contribution in [3.05, 3.63) is 29.8 Å². The van der Waals surface area contributed by atoms with Crippen molar-refractivity contribution >= 4 is 42.5 Å². The van der Waals surface area contributed by atoms with Gasteiger partial charge >= 0.3 is 6.09 Å². The number of ether oxygens (including phenoxy) is 1. The van der Waals surface area contributed by atoms with Gasteiger partial charge in [0.05, 0.1) is 19.3 Å². The number of methoxy groups -OCH3 is 1. The van der Waals surface area contributed by atoms with Crippen molar-refractivity contribution in [3.8, 4) is 0 Å². The molecule has 0 saturated heterocycles. The summed E-state index contributed by atoms with van der Waals surface area (Å²) in [6.07, 6.45) is 0.245. The number of aliphatic hydroxyl groups excluding tert-OH is 1. The molecule has 190 valence electrons. The van der Waals surface area contributed by atoms with E-state index in [9.17, 15) is 14.7 Å². The summed E-state index contributed by atoms with van der Waals surface area (Å²) in [5, 5.41) is 16.4. The third-order valence-corrected chi connectivity index (χ3v) is 5.61. The molecule has 0 aromatic heterocycles. The van der Waals surface area contributed by atoms with Crippen molar-refractivity contribution in [3.63, 3.8) is 0 Å². The first-order chi connectivity index (χ1) is 14.5. The minimum atomic E-state index is -0.680. The van der Waals surface area contributed by atoms with Crippen LogP contribution in [0.25, 0.3) is 0 Å². The Kier molecular flexibility index (Phi) is 13.3. The van der Waals surface area contributed by atoms with Crippen LogP contribution < -0.4 is 21.3 Å². The predicted octanol–water partition coefficient (Wildman–Crippen LogP) is 2.64. The molecule has 3 atom stereocenters. The molecule has 1 unspecified atom stereocenters. The normalized spacial score (nSPS) is 17.2. The molecule has 8 nitrogen and oxygen atoms in total. The third-order valence-electron chi connectivity index (χ3n) is 5.61. The molecular weight excluding hydrogens is 467 g/mol. The fourth-order valence-electron chi connectivity index (χ4n) is 4.01. The number of fused-ring (bicyclic) bond motifs is 1. The highest BCUT2D eigenvalue weighted by atomic mass is 35.5. The van der Waals surface area contributed by atoms with Crippen molar-refractivity contribution in [2.75, 3.05) is 25.1 Å². The lowest BCUT2D eigenvalue weighted by molar-refractivity contribution is -0.120. The van der Waals surface area contributed by atoms with Gasteiger partial charge in [-0.15, -0.1) is 24.8 Å². The zero-order valence-electron chi connectivity index (χ0n) is 20.2. The van der Waals surface area contributed by atoms with Gasteiger partial charge in [-0.2, -0.15) is 0 Å². The summed E-state index contributed by atoms with van der Waals surface area (Å²) in [5.74, 6) is -0.0317. The number of halogens is 2. The smallest absolute Gasteiger partial charge is 0.407 e. The van der Waals surface area contributed by atoms with Crippen LogP contribution in [0.3, 0.4) is 0 Å². The van der Waals surface area contributed by atoms with E-state index in [1.54, 1.807) is 4.90 Å². The predicted molar refractivity (Wildman–Crippen MR) is 136 cm³/mol. The minimum Gasteiger partial charge on any atom is -0.453 e. The molecule has 1 aliphatic heterocycles. The molecule has 1 aromatic rings. The first kappa shape index (κ1) is 31.4. The molecule has 10 heteroatoms. The highest BCUT2D eigenvalue weighted by Gasteiger charge is 2.34. The Morgan fingerprint density at radius 2 is 1.91 bits per heavy atom. The fourth-order valence-corrected chi connectivity index (χ4v) is 4.01. The van der Waals surface area contributed by atoms with E-state index in [2.05, 4.69) is 10.6 Å². The van der Waals surface area contributed by atoms with Gasteiger partial charge in [0.25, 0.3) is 0 Å². The number of benzene rings is 1. The van der Waals surface area contributed by atoms with Crippen molar-refractivity contribution in [1.29, 1.82) is 0 Å². The highest BCUT2D eigenvalue weighted by Crippen LogP contribution is 2.32. The van der Waals surface area contributed by atoms with Gasteiger partial charge in [-0.3, -0.25) is 4.79 Å². The second-order valence-electron chi connectivity index (χ2n) is 9.51. The van der Waals surface area contributed by atoms with Gasteiger partial charge in [0.2, 0.25) is 5.91 Å². The van der Waals surface area contributed by atoms with Crippen LogP contribution in [0.5, 0.6) is 0 Å². The van der Waals surface area contributed by atoms with Gasteiger partial charge in [-0.25, -0.2) is 4.79 Å². The Labute approximate surface area is 209 Å². The topological polar surface area (TPSA) is 117 Å². The van der Waals surface area contributed by atoms with Crippen molar-refractivity contribution < 1.29 is 19.4 Å². The number of rotatable bonds is 9. The van der Waals surface area contributed by atoms with Gasteiger partial charge in [-0.05, 0) is 29.9 Å². The quantitative estimate of drug-likeness (QED) is 0.408. The number of para-hydroxylation sites is 1. The van der Waals surface area contributed by atoms with Crippen LogP contribution >= 0.6 is 24.8 Å². The van der Waals surface area contributed by atoms with Crippen LogP contribution in [0, 0.1) is 5.41 Å². The molecule has 1 aromatic carbocycles. The number of nitrogens with zero attached hydrogens (tertiary/aromatic N) is 1. The molecule has 2 amide bonds. The summed E-state index contributed by atoms with van der Waals surface area (Å²) in [6, 6.07) is 7.35. The lowest BCUT2D eigenvalue weighted by Crippen LogP contribution is -2.51. The fraction of sp³-hybridized carbons (Fsp3) is 0.652. The second-order valence-corrected chi connectivity index (χ2v) is 9.51. The van der Waals surface area contributed by atoms with E-state index >= 15 is 0 Å². The van der Waals surface area contributed by atoms with Crippen LogP contribution in [-0.2, 0) is 16.0 Å². The molecule has 0 radical (unpaired) electrons. The summed E-state index contributed by atoms with van der Waals surface area (Å²) >= 11 is 0. The lowest BCUT2D eigenvalue weighted by atomic mass is 9.80. The number of nitrogens with one attached hydrogen (secondary N) is 2. The largest absolute Gasteiger partial charge is 0.453 e. The van der Waals surface area contributed by atoms with E-state index in [0.717, 1.165) is 11.3 Å². The standard InChI is InChI=1S/C23H38N4O4.2ClH/c1-15(2)25-13-20(28)18(24)11-23(3,4)12-21(29)27-14-17(26-22(30)31-5)10-16-8-6-7-9-19(16)27;;/h6-9,15,17-18,20,25,28H,10-14,24H2,1-5H3,(H,26,30);2*1H/t17?,18-,20-;;/m0../s1. The number of alkyl carbamates (subject to hydrolysis) is 1. The van der Waals surface area contributed by atoms with Crippen molar-refractivity contribution in [1.82, 2.24) is 10.6 Å². The maximum Gasteiger partial charge on any atom is 0.407 e. The number of hydrogen-bond acceptors (Lipinski definition) is 6. The molecule has 0 spiro atoms. The number of carbonyl (C=O) groups excluding carboxylic acids is 2. The summed E-state index contributed by atoms with van der Waals surface area (Å²) < 4.78 is 4.72. The number of carbonyl (C=O) groups is 2. The minimum absolute atomic E-state index is 0. The number of aliphatic hydroxyl groups is 1. The van der Waals surface area contributed by atoms with Gasteiger partial charge in [-0.1, -0.05) is 45.9 Å². The van der Waals surface area contributed by atoms with Gasteiger partial charge < -0.3 is 31.1 Å².